The average Bonchev–Trinajstić information content (AvgIpc) is 2.65. The first-order valence-corrected chi connectivity index (χ1v) is 8.67. The first kappa shape index (κ1) is 17.8. The van der Waals surface area contributed by atoms with Crippen LogP contribution in [0.25, 0.3) is 0 Å². The predicted molar refractivity (Wildman–Crippen MR) is 93.9 cm³/mol. The maximum atomic E-state index is 14.6. The van der Waals surface area contributed by atoms with Crippen LogP contribution in [0.3, 0.4) is 0 Å². The lowest BCUT2D eigenvalue weighted by Crippen LogP contribution is -2.41. The molecule has 0 N–H and O–H groups in total. The summed E-state index contributed by atoms with van der Waals surface area (Å²) in [7, 11) is -0.889. The molecule has 0 unspecified atom stereocenters. The molecule has 1 saturated carbocycles. The summed E-state index contributed by atoms with van der Waals surface area (Å²) in [5, 5.41) is 0.647. The van der Waals surface area contributed by atoms with Crippen molar-refractivity contribution in [3.63, 3.8) is 0 Å². The number of halogens is 2. The fourth-order valence-corrected chi connectivity index (χ4v) is 3.01. The normalized spacial score (nSPS) is 24.7. The number of allylic oxidation sites excluding steroid dienone is 1. The molecule has 3 nitrogen and oxygen atoms in total. The van der Waals surface area contributed by atoms with Gasteiger partial charge in [0.2, 0.25) is 0 Å². The van der Waals surface area contributed by atoms with E-state index >= 15 is 0 Å². The lowest BCUT2D eigenvalue weighted by atomic mass is 9.73. The largest absolute Gasteiger partial charge is 0.525 e. The van der Waals surface area contributed by atoms with Gasteiger partial charge in [0.25, 0.3) is 0 Å². The van der Waals surface area contributed by atoms with Crippen molar-refractivity contribution in [3.8, 4) is 5.75 Å². The summed E-state index contributed by atoms with van der Waals surface area (Å²) in [6.45, 7) is 8.25. The van der Waals surface area contributed by atoms with Gasteiger partial charge < -0.3 is 14.0 Å². The van der Waals surface area contributed by atoms with Crippen molar-refractivity contribution >= 4 is 18.7 Å². The molecule has 1 heterocycles. The topological polar surface area (TPSA) is 27.7 Å². The van der Waals surface area contributed by atoms with Crippen LogP contribution < -0.4 is 4.74 Å². The lowest BCUT2D eigenvalue weighted by Gasteiger charge is -2.32. The van der Waals surface area contributed by atoms with Gasteiger partial charge in [0, 0.05) is 10.9 Å². The van der Waals surface area contributed by atoms with E-state index in [-0.39, 0.29) is 5.73 Å². The van der Waals surface area contributed by atoms with E-state index in [2.05, 4.69) is 0 Å². The highest BCUT2D eigenvalue weighted by atomic mass is 35.5. The summed E-state index contributed by atoms with van der Waals surface area (Å²) in [5.41, 5.74) is -0.538. The molecular weight excluding hydrogens is 329 g/mol. The molecule has 24 heavy (non-hydrogen) atoms. The van der Waals surface area contributed by atoms with Crippen LogP contribution in [0.15, 0.2) is 35.6 Å². The molecule has 0 radical (unpaired) electrons. The third kappa shape index (κ3) is 3.49. The van der Waals surface area contributed by atoms with E-state index in [0.717, 1.165) is 11.3 Å². The number of hydrogen-bond donors (Lipinski definition) is 0. The summed E-state index contributed by atoms with van der Waals surface area (Å²) in [6.07, 6.45) is 1.35. The van der Waals surface area contributed by atoms with Gasteiger partial charge in [-0.15, -0.1) is 0 Å². The Bertz CT molecular complexity index is 635. The minimum Gasteiger partial charge on any atom is -0.493 e. The summed E-state index contributed by atoms with van der Waals surface area (Å²) in [6, 6.07) is 7.30. The number of benzene rings is 1. The van der Waals surface area contributed by atoms with Gasteiger partial charge in [0.05, 0.1) is 17.8 Å². The Kier molecular flexibility index (Phi) is 4.71. The summed E-state index contributed by atoms with van der Waals surface area (Å²) in [4.78, 5) is 0. The molecule has 0 bridgehead atoms. The third-order valence-electron chi connectivity index (χ3n) is 5.15. The van der Waals surface area contributed by atoms with E-state index < -0.39 is 18.3 Å². The Morgan fingerprint density at radius 3 is 2.46 bits per heavy atom. The number of ether oxygens (including phenoxy) is 1. The van der Waals surface area contributed by atoms with Crippen LogP contribution in [-0.4, -0.2) is 24.9 Å². The highest BCUT2D eigenvalue weighted by Crippen LogP contribution is 2.43. The van der Waals surface area contributed by atoms with Gasteiger partial charge >= 0.3 is 7.12 Å². The predicted octanol–water partition coefficient (Wildman–Crippen LogP) is 4.98. The zero-order valence-corrected chi connectivity index (χ0v) is 15.3. The lowest BCUT2D eigenvalue weighted by molar-refractivity contribution is 0.00578. The van der Waals surface area contributed by atoms with Crippen LogP contribution in [-0.2, 0) is 9.31 Å². The fraction of sp³-hybridized carbons (Fsp3) is 0.556. The average molecular weight is 353 g/mol. The molecule has 1 aromatic carbocycles. The highest BCUT2D eigenvalue weighted by Gasteiger charge is 2.54. The molecule has 0 amide bonds. The van der Waals surface area contributed by atoms with Gasteiger partial charge in [-0.1, -0.05) is 17.7 Å². The van der Waals surface area contributed by atoms with Crippen LogP contribution in [0.5, 0.6) is 5.75 Å². The zero-order chi connectivity index (χ0) is 17.5. The van der Waals surface area contributed by atoms with Gasteiger partial charge in [-0.2, -0.15) is 0 Å². The zero-order valence-electron chi connectivity index (χ0n) is 14.6. The minimum absolute atomic E-state index is 0.271. The molecule has 0 spiro atoms. The van der Waals surface area contributed by atoms with Crippen molar-refractivity contribution in [2.45, 2.75) is 51.7 Å². The van der Waals surface area contributed by atoms with Crippen molar-refractivity contribution in [3.05, 3.63) is 40.6 Å². The second-order valence-electron chi connectivity index (χ2n) is 7.58. The fourth-order valence-electron chi connectivity index (χ4n) is 2.83. The van der Waals surface area contributed by atoms with Crippen molar-refractivity contribution in [1.29, 1.82) is 0 Å². The third-order valence-corrected chi connectivity index (χ3v) is 5.38. The Morgan fingerprint density at radius 2 is 1.88 bits per heavy atom. The summed E-state index contributed by atoms with van der Waals surface area (Å²) >= 11 is 5.93. The van der Waals surface area contributed by atoms with E-state index in [1.54, 1.807) is 12.1 Å². The second-order valence-corrected chi connectivity index (χ2v) is 8.02. The molecule has 130 valence electrons. The van der Waals surface area contributed by atoms with Crippen LogP contribution in [0.1, 0.15) is 40.5 Å². The summed E-state index contributed by atoms with van der Waals surface area (Å²) < 4.78 is 31.8. The second kappa shape index (κ2) is 6.36. The molecule has 0 aromatic heterocycles. The first-order chi connectivity index (χ1) is 11.2. The molecule has 2 fully saturated rings. The summed E-state index contributed by atoms with van der Waals surface area (Å²) in [5.74, 6) is 1.05. The van der Waals surface area contributed by atoms with E-state index in [0.29, 0.717) is 30.4 Å². The Labute approximate surface area is 148 Å². The highest BCUT2D eigenvalue weighted by molar-refractivity contribution is 6.53. The Hall–Kier alpha value is -1.04. The van der Waals surface area contributed by atoms with Gasteiger partial charge in [-0.3, -0.25) is 0 Å². The van der Waals surface area contributed by atoms with Crippen LogP contribution in [0.4, 0.5) is 4.39 Å². The van der Waals surface area contributed by atoms with Gasteiger partial charge in [0.15, 0.2) is 0 Å². The molecule has 1 aromatic rings. The minimum atomic E-state index is -0.889. The van der Waals surface area contributed by atoms with E-state index in [9.17, 15) is 4.39 Å². The molecular formula is C18H23BClFO3. The molecule has 0 atom stereocenters. The van der Waals surface area contributed by atoms with E-state index in [1.807, 2.05) is 39.8 Å². The molecule has 6 heteroatoms. The quantitative estimate of drug-likeness (QED) is 0.715. The maximum absolute atomic E-state index is 14.6. The number of rotatable bonds is 4. The molecule has 1 aliphatic heterocycles. The van der Waals surface area contributed by atoms with Crippen LogP contribution in [0.2, 0.25) is 5.02 Å². The van der Waals surface area contributed by atoms with Crippen molar-refractivity contribution < 1.29 is 18.4 Å². The molecule has 1 saturated heterocycles. The molecule has 3 rings (SSSR count). The molecule has 1 aliphatic carbocycles. The Balaban J connectivity index is 1.53. The Morgan fingerprint density at radius 1 is 1.25 bits per heavy atom. The van der Waals surface area contributed by atoms with E-state index in [1.165, 1.54) is 0 Å². The monoisotopic (exact) mass is 352 g/mol. The van der Waals surface area contributed by atoms with Gasteiger partial charge in [-0.05, 0) is 64.3 Å². The van der Waals surface area contributed by atoms with Gasteiger partial charge in [-0.25, -0.2) is 4.39 Å². The van der Waals surface area contributed by atoms with Crippen LogP contribution >= 0.6 is 11.6 Å². The van der Waals surface area contributed by atoms with Crippen molar-refractivity contribution in [2.24, 2.45) is 5.92 Å². The van der Waals surface area contributed by atoms with Crippen LogP contribution in [0, 0.1) is 5.92 Å². The maximum Gasteiger partial charge on any atom is 0.525 e. The SMILES string of the molecule is CC1(C)OB(C(F)=C2CC(COc3cccc(Cl)c3)C2)OC1(C)C. The smallest absolute Gasteiger partial charge is 0.493 e. The van der Waals surface area contributed by atoms with Crippen molar-refractivity contribution in [1.82, 2.24) is 0 Å². The first-order valence-electron chi connectivity index (χ1n) is 8.29. The number of hydrogen-bond acceptors (Lipinski definition) is 3. The van der Waals surface area contributed by atoms with Gasteiger partial charge in [0.1, 0.15) is 11.5 Å². The van der Waals surface area contributed by atoms with E-state index in [4.69, 9.17) is 25.6 Å². The standard InChI is InChI=1S/C18H23BClFO3/c1-17(2)18(3,4)24-19(23-17)16(21)13-8-12(9-13)11-22-15-7-5-6-14(20)10-15/h5-7,10,12H,8-9,11H2,1-4H3. The molecule has 2 aliphatic rings. The van der Waals surface area contributed by atoms with Crippen molar-refractivity contribution in [2.75, 3.05) is 6.61 Å².